The molecule has 0 spiro atoms. The Morgan fingerprint density at radius 2 is 1.82 bits per heavy atom. The minimum atomic E-state index is -4.57. The topological polar surface area (TPSA) is 108 Å². The highest BCUT2D eigenvalue weighted by atomic mass is 19.4. The Morgan fingerprint density at radius 3 is 2.45 bits per heavy atom. The molecule has 0 bridgehead atoms. The molecule has 0 fully saturated rings. The third kappa shape index (κ3) is 5.45. The highest BCUT2D eigenvalue weighted by Crippen LogP contribution is 2.32. The number of anilines is 1. The van der Waals surface area contributed by atoms with Gasteiger partial charge in [0, 0.05) is 18.6 Å². The van der Waals surface area contributed by atoms with E-state index in [4.69, 9.17) is 4.74 Å². The third-order valence-electron chi connectivity index (χ3n) is 4.80. The van der Waals surface area contributed by atoms with Crippen molar-refractivity contribution < 1.29 is 22.7 Å². The number of hydrogen-bond donors (Lipinski definition) is 1. The number of carbonyl (C=O) groups is 1. The molecule has 0 saturated carbocycles. The lowest BCUT2D eigenvalue weighted by Crippen LogP contribution is -2.32. The van der Waals surface area contributed by atoms with Gasteiger partial charge in [-0.3, -0.25) is 14.4 Å². The number of ether oxygens (including phenoxy) is 1. The maximum absolute atomic E-state index is 13.1. The van der Waals surface area contributed by atoms with Gasteiger partial charge in [0.2, 0.25) is 5.91 Å². The van der Waals surface area contributed by atoms with Gasteiger partial charge in [-0.15, -0.1) is 0 Å². The number of fused-ring (bicyclic) bond motifs is 1. The first kappa shape index (κ1) is 24.1. The summed E-state index contributed by atoms with van der Waals surface area (Å²) in [4.78, 5) is 37.2. The van der Waals surface area contributed by atoms with E-state index in [1.807, 2.05) is 0 Å². The molecule has 33 heavy (non-hydrogen) atoms. The standard InChI is InChI=1S/C21H22F3N5O4/c1-12(2)19-15-10-13(21(22,23)24)4-5-14(15)20(32)29(27-19)11-17(30)25-16-6-7-18(31)28(26-16)8-9-33-3/h4-7,10,12H,8-9,11H2,1-3H3,(H,25,26,30). The van der Waals surface area contributed by atoms with Crippen LogP contribution in [0.3, 0.4) is 0 Å². The lowest BCUT2D eigenvalue weighted by Gasteiger charge is -2.15. The fourth-order valence-electron chi connectivity index (χ4n) is 3.19. The van der Waals surface area contributed by atoms with Crippen molar-refractivity contribution in [3.05, 3.63) is 62.3 Å². The average molecular weight is 465 g/mol. The average Bonchev–Trinajstić information content (AvgIpc) is 2.74. The summed E-state index contributed by atoms with van der Waals surface area (Å²) in [7, 11) is 1.47. The molecular formula is C21H22F3N5O4. The number of amides is 1. The second kappa shape index (κ2) is 9.53. The van der Waals surface area contributed by atoms with Gasteiger partial charge in [-0.1, -0.05) is 13.8 Å². The van der Waals surface area contributed by atoms with Crippen molar-refractivity contribution in [3.63, 3.8) is 0 Å². The van der Waals surface area contributed by atoms with E-state index in [1.165, 1.54) is 19.2 Å². The van der Waals surface area contributed by atoms with E-state index < -0.39 is 29.8 Å². The van der Waals surface area contributed by atoms with Crippen molar-refractivity contribution in [1.82, 2.24) is 19.6 Å². The Balaban J connectivity index is 1.93. The predicted molar refractivity (Wildman–Crippen MR) is 114 cm³/mol. The molecule has 12 heteroatoms. The molecule has 0 saturated heterocycles. The van der Waals surface area contributed by atoms with Gasteiger partial charge in [-0.05, 0) is 30.2 Å². The monoisotopic (exact) mass is 465 g/mol. The number of nitrogens with one attached hydrogen (secondary N) is 1. The van der Waals surface area contributed by atoms with Crippen molar-refractivity contribution in [1.29, 1.82) is 0 Å². The highest BCUT2D eigenvalue weighted by Gasteiger charge is 2.31. The number of aromatic nitrogens is 4. The number of alkyl halides is 3. The molecule has 0 aliphatic carbocycles. The molecule has 1 aromatic carbocycles. The lowest BCUT2D eigenvalue weighted by molar-refractivity contribution is -0.137. The van der Waals surface area contributed by atoms with Crippen LogP contribution in [0.5, 0.6) is 0 Å². The van der Waals surface area contributed by atoms with Gasteiger partial charge < -0.3 is 10.1 Å². The van der Waals surface area contributed by atoms with Gasteiger partial charge >= 0.3 is 6.18 Å². The number of carbonyl (C=O) groups excluding carboxylic acids is 1. The number of nitrogens with zero attached hydrogens (tertiary/aromatic N) is 4. The second-order valence-electron chi connectivity index (χ2n) is 7.58. The summed E-state index contributed by atoms with van der Waals surface area (Å²) >= 11 is 0. The second-order valence-corrected chi connectivity index (χ2v) is 7.58. The van der Waals surface area contributed by atoms with Crippen LogP contribution in [0.1, 0.15) is 31.0 Å². The van der Waals surface area contributed by atoms with Crippen LogP contribution >= 0.6 is 0 Å². The predicted octanol–water partition coefficient (Wildman–Crippen LogP) is 2.38. The van der Waals surface area contributed by atoms with Crippen molar-refractivity contribution >= 4 is 22.5 Å². The van der Waals surface area contributed by atoms with E-state index >= 15 is 0 Å². The lowest BCUT2D eigenvalue weighted by atomic mass is 10.0. The number of hydrogen-bond acceptors (Lipinski definition) is 6. The molecule has 0 unspecified atom stereocenters. The third-order valence-corrected chi connectivity index (χ3v) is 4.80. The van der Waals surface area contributed by atoms with E-state index in [1.54, 1.807) is 13.8 Å². The molecule has 0 radical (unpaired) electrons. The van der Waals surface area contributed by atoms with Gasteiger partial charge in [0.05, 0.1) is 29.8 Å². The van der Waals surface area contributed by atoms with E-state index in [9.17, 15) is 27.6 Å². The van der Waals surface area contributed by atoms with Crippen LogP contribution in [0.2, 0.25) is 0 Å². The zero-order valence-electron chi connectivity index (χ0n) is 18.1. The summed E-state index contributed by atoms with van der Waals surface area (Å²) in [5.41, 5.74) is -1.70. The van der Waals surface area contributed by atoms with Crippen LogP contribution in [0.15, 0.2) is 39.9 Å². The Kier molecular flexibility index (Phi) is 6.96. The smallest absolute Gasteiger partial charge is 0.383 e. The zero-order valence-corrected chi connectivity index (χ0v) is 18.1. The van der Waals surface area contributed by atoms with Crippen LogP contribution in [0.25, 0.3) is 10.8 Å². The Bertz CT molecular complexity index is 1300. The summed E-state index contributed by atoms with van der Waals surface area (Å²) in [6.07, 6.45) is -4.57. The molecule has 2 heterocycles. The molecule has 176 valence electrons. The molecule has 1 N–H and O–H groups in total. The summed E-state index contributed by atoms with van der Waals surface area (Å²) in [5.74, 6) is -0.865. The quantitative estimate of drug-likeness (QED) is 0.574. The van der Waals surface area contributed by atoms with Gasteiger partial charge in [0.1, 0.15) is 6.54 Å². The first-order chi connectivity index (χ1) is 15.5. The summed E-state index contributed by atoms with van der Waals surface area (Å²) in [6, 6.07) is 5.37. The molecule has 0 aliphatic rings. The Labute approximate surface area is 185 Å². The van der Waals surface area contributed by atoms with E-state index in [0.717, 1.165) is 27.6 Å². The van der Waals surface area contributed by atoms with Gasteiger partial charge in [-0.25, -0.2) is 9.36 Å². The van der Waals surface area contributed by atoms with Gasteiger partial charge in [0.15, 0.2) is 5.82 Å². The van der Waals surface area contributed by atoms with Crippen molar-refractivity contribution in [2.75, 3.05) is 19.0 Å². The summed E-state index contributed by atoms with van der Waals surface area (Å²) in [6.45, 7) is 3.39. The van der Waals surface area contributed by atoms with Gasteiger partial charge in [0.25, 0.3) is 11.1 Å². The fraction of sp³-hybridized carbons (Fsp3) is 0.381. The molecule has 3 aromatic rings. The van der Waals surface area contributed by atoms with E-state index in [0.29, 0.717) is 0 Å². The molecule has 9 nitrogen and oxygen atoms in total. The highest BCUT2D eigenvalue weighted by molar-refractivity contribution is 5.90. The Hall–Kier alpha value is -3.54. The normalized spacial score (nSPS) is 11.8. The maximum atomic E-state index is 13.1. The van der Waals surface area contributed by atoms with Crippen molar-refractivity contribution in [2.24, 2.45) is 0 Å². The first-order valence-corrected chi connectivity index (χ1v) is 10.00. The molecular weight excluding hydrogens is 443 g/mol. The van der Waals surface area contributed by atoms with Crippen LogP contribution in [-0.4, -0.2) is 39.2 Å². The molecule has 3 rings (SSSR count). The largest absolute Gasteiger partial charge is 0.416 e. The maximum Gasteiger partial charge on any atom is 0.416 e. The van der Waals surface area contributed by atoms with E-state index in [-0.39, 0.29) is 46.9 Å². The molecule has 2 aromatic heterocycles. The Morgan fingerprint density at radius 1 is 1.09 bits per heavy atom. The SMILES string of the molecule is COCCn1nc(NC(=O)Cn2nc(C(C)C)c3cc(C(F)(F)F)ccc3c2=O)ccc1=O. The first-order valence-electron chi connectivity index (χ1n) is 10.00. The zero-order chi connectivity index (χ0) is 24.3. The summed E-state index contributed by atoms with van der Waals surface area (Å²) in [5, 5.41) is 10.8. The van der Waals surface area contributed by atoms with Crippen LogP contribution in [0.4, 0.5) is 19.0 Å². The fourth-order valence-corrected chi connectivity index (χ4v) is 3.19. The van der Waals surface area contributed by atoms with Gasteiger partial charge in [-0.2, -0.15) is 23.4 Å². The van der Waals surface area contributed by atoms with Crippen LogP contribution in [0, 0.1) is 0 Å². The van der Waals surface area contributed by atoms with E-state index in [2.05, 4.69) is 15.5 Å². The number of rotatable bonds is 7. The number of halogens is 3. The number of benzene rings is 1. The molecule has 0 aliphatic heterocycles. The van der Waals surface area contributed by atoms with Crippen LogP contribution in [-0.2, 0) is 28.8 Å². The molecule has 1 amide bonds. The van der Waals surface area contributed by atoms with Crippen LogP contribution < -0.4 is 16.4 Å². The summed E-state index contributed by atoms with van der Waals surface area (Å²) < 4.78 is 46.3. The molecule has 0 atom stereocenters. The minimum absolute atomic E-state index is 0.0285. The minimum Gasteiger partial charge on any atom is -0.383 e. The van der Waals surface area contributed by atoms with Crippen molar-refractivity contribution in [2.45, 2.75) is 39.0 Å². The number of methoxy groups -OCH3 is 1. The van der Waals surface area contributed by atoms with Crippen molar-refractivity contribution in [3.8, 4) is 0 Å².